The molecule has 3 rings (SSSR count). The zero-order valence-electron chi connectivity index (χ0n) is 19.9. The van der Waals surface area contributed by atoms with E-state index in [-0.39, 0.29) is 17.2 Å². The maximum Gasteiger partial charge on any atom is 0.259 e. The highest BCUT2D eigenvalue weighted by atomic mass is 16.5. The monoisotopic (exact) mass is 444 g/mol. The molecule has 3 aromatic carbocycles. The van der Waals surface area contributed by atoms with Gasteiger partial charge in [-0.2, -0.15) is 0 Å². The molecule has 172 valence electrons. The summed E-state index contributed by atoms with van der Waals surface area (Å²) >= 11 is 0. The fourth-order valence-corrected chi connectivity index (χ4v) is 3.23. The zero-order chi connectivity index (χ0) is 24.0. The number of hydrogen-bond donors (Lipinski definition) is 2. The quantitative estimate of drug-likeness (QED) is 0.436. The molecule has 0 saturated carbocycles. The van der Waals surface area contributed by atoms with Crippen LogP contribution in [-0.4, -0.2) is 18.4 Å². The number of para-hydroxylation sites is 1. The first-order valence-corrected chi connectivity index (χ1v) is 11.2. The Hall–Kier alpha value is -3.60. The average Bonchev–Trinajstić information content (AvgIpc) is 2.77. The van der Waals surface area contributed by atoms with Crippen molar-refractivity contribution in [2.45, 2.75) is 40.0 Å². The summed E-state index contributed by atoms with van der Waals surface area (Å²) < 4.78 is 5.79. The topological polar surface area (TPSA) is 67.4 Å². The molecule has 5 heteroatoms. The fraction of sp³-hybridized carbons (Fsp3) is 0.286. The minimum absolute atomic E-state index is 0.0278. The molecule has 0 aliphatic carbocycles. The molecule has 0 aromatic heterocycles. The number of nitrogens with one attached hydrogen (secondary N) is 2. The lowest BCUT2D eigenvalue weighted by atomic mass is 9.87. The normalized spacial score (nSPS) is 11.2. The summed E-state index contributed by atoms with van der Waals surface area (Å²) in [6.07, 6.45) is 0. The molecule has 3 aromatic rings. The lowest BCUT2D eigenvalue weighted by Crippen LogP contribution is -2.16. The van der Waals surface area contributed by atoms with Crippen molar-refractivity contribution in [2.24, 2.45) is 5.92 Å². The smallest absolute Gasteiger partial charge is 0.259 e. The fourth-order valence-electron chi connectivity index (χ4n) is 3.23. The number of ether oxygens (including phenoxy) is 1. The maximum atomic E-state index is 12.9. The van der Waals surface area contributed by atoms with Gasteiger partial charge in [-0.3, -0.25) is 9.59 Å². The average molecular weight is 445 g/mol. The third-order valence-corrected chi connectivity index (χ3v) is 5.10. The first-order valence-electron chi connectivity index (χ1n) is 11.2. The number of hydrogen-bond acceptors (Lipinski definition) is 3. The molecule has 0 bridgehead atoms. The van der Waals surface area contributed by atoms with Crippen LogP contribution in [0.15, 0.2) is 72.8 Å². The molecule has 0 radical (unpaired) electrons. The van der Waals surface area contributed by atoms with E-state index < -0.39 is 0 Å². The van der Waals surface area contributed by atoms with Crippen LogP contribution in [0.3, 0.4) is 0 Å². The van der Waals surface area contributed by atoms with Crippen LogP contribution in [0.1, 0.15) is 60.9 Å². The van der Waals surface area contributed by atoms with Crippen molar-refractivity contribution in [3.63, 3.8) is 0 Å². The summed E-state index contributed by atoms with van der Waals surface area (Å²) in [4.78, 5) is 25.6. The molecule has 0 atom stereocenters. The largest absolute Gasteiger partial charge is 0.492 e. The standard InChI is InChI=1S/C28H32N2O3/c1-19(2)18-33-25-12-7-6-11-24(25)27(32)30-23-10-8-9-22(17-23)29-26(31)20-13-15-21(16-14-20)28(3,4)5/h6-17,19H,18H2,1-5H3,(H,29,31)(H,30,32). The van der Waals surface area contributed by atoms with Gasteiger partial charge in [-0.25, -0.2) is 0 Å². The third kappa shape index (κ3) is 6.69. The van der Waals surface area contributed by atoms with Crippen molar-refractivity contribution < 1.29 is 14.3 Å². The van der Waals surface area contributed by atoms with Crippen LogP contribution >= 0.6 is 0 Å². The van der Waals surface area contributed by atoms with Gasteiger partial charge in [0.1, 0.15) is 5.75 Å². The van der Waals surface area contributed by atoms with Crippen LogP contribution in [0.25, 0.3) is 0 Å². The third-order valence-electron chi connectivity index (χ3n) is 5.10. The summed E-state index contributed by atoms with van der Waals surface area (Å²) in [7, 11) is 0. The number of amides is 2. The van der Waals surface area contributed by atoms with Gasteiger partial charge in [-0.15, -0.1) is 0 Å². The van der Waals surface area contributed by atoms with Crippen molar-refractivity contribution in [1.82, 2.24) is 0 Å². The molecular formula is C28H32N2O3. The Balaban J connectivity index is 1.69. The van der Waals surface area contributed by atoms with E-state index in [9.17, 15) is 9.59 Å². The van der Waals surface area contributed by atoms with Crippen molar-refractivity contribution >= 4 is 23.2 Å². The van der Waals surface area contributed by atoms with E-state index in [1.165, 1.54) is 5.56 Å². The highest BCUT2D eigenvalue weighted by Gasteiger charge is 2.15. The second-order valence-electron chi connectivity index (χ2n) is 9.52. The summed E-state index contributed by atoms with van der Waals surface area (Å²) in [6.45, 7) is 11.1. The lowest BCUT2D eigenvalue weighted by molar-refractivity contribution is 0.101. The Bertz CT molecular complexity index is 1110. The highest BCUT2D eigenvalue weighted by molar-refractivity contribution is 6.07. The Labute approximate surface area is 196 Å². The Morgan fingerprint density at radius 2 is 1.42 bits per heavy atom. The van der Waals surface area contributed by atoms with Crippen molar-refractivity contribution in [3.05, 3.63) is 89.5 Å². The predicted octanol–water partition coefficient (Wildman–Crippen LogP) is 6.52. The van der Waals surface area contributed by atoms with Gasteiger partial charge < -0.3 is 15.4 Å². The Kier molecular flexibility index (Phi) is 7.54. The first kappa shape index (κ1) is 24.1. The number of benzene rings is 3. The van der Waals surface area contributed by atoms with Gasteiger partial charge in [0.2, 0.25) is 0 Å². The molecule has 0 unspecified atom stereocenters. The SMILES string of the molecule is CC(C)COc1ccccc1C(=O)Nc1cccc(NC(=O)c2ccc(C(C)(C)C)cc2)c1. The summed E-state index contributed by atoms with van der Waals surface area (Å²) in [5.74, 6) is 0.430. The molecule has 5 nitrogen and oxygen atoms in total. The van der Waals surface area contributed by atoms with E-state index in [2.05, 4.69) is 45.3 Å². The molecule has 0 aliphatic rings. The molecular weight excluding hydrogens is 412 g/mol. The van der Waals surface area contributed by atoms with Crippen LogP contribution < -0.4 is 15.4 Å². The molecule has 2 N–H and O–H groups in total. The van der Waals surface area contributed by atoms with E-state index in [4.69, 9.17) is 4.74 Å². The first-order chi connectivity index (χ1) is 15.6. The minimum atomic E-state index is -0.268. The Morgan fingerprint density at radius 3 is 2.03 bits per heavy atom. The van der Waals surface area contributed by atoms with Gasteiger partial charge in [-0.05, 0) is 59.4 Å². The molecule has 0 saturated heterocycles. The number of carbonyl (C=O) groups excluding carboxylic acids is 2. The number of anilines is 2. The summed E-state index contributed by atoms with van der Waals surface area (Å²) in [5, 5.41) is 5.79. The van der Waals surface area contributed by atoms with Crippen LogP contribution in [-0.2, 0) is 5.41 Å². The Morgan fingerprint density at radius 1 is 0.818 bits per heavy atom. The van der Waals surface area contributed by atoms with Crippen LogP contribution in [0.4, 0.5) is 11.4 Å². The van der Waals surface area contributed by atoms with Gasteiger partial charge in [0, 0.05) is 16.9 Å². The predicted molar refractivity (Wildman–Crippen MR) is 134 cm³/mol. The van der Waals surface area contributed by atoms with Gasteiger partial charge in [0.05, 0.1) is 12.2 Å². The van der Waals surface area contributed by atoms with Gasteiger partial charge in [0.15, 0.2) is 0 Å². The van der Waals surface area contributed by atoms with E-state index in [0.717, 1.165) is 0 Å². The second-order valence-corrected chi connectivity index (χ2v) is 9.52. The summed E-state index contributed by atoms with van der Waals surface area (Å²) in [5.41, 5.74) is 3.42. The van der Waals surface area contributed by atoms with E-state index in [1.54, 1.807) is 42.5 Å². The van der Waals surface area contributed by atoms with Crippen LogP contribution in [0.5, 0.6) is 5.75 Å². The molecule has 0 heterocycles. The van der Waals surface area contributed by atoms with E-state index >= 15 is 0 Å². The van der Waals surface area contributed by atoms with Gasteiger partial charge >= 0.3 is 0 Å². The van der Waals surface area contributed by atoms with E-state index in [0.29, 0.717) is 40.8 Å². The van der Waals surface area contributed by atoms with Crippen molar-refractivity contribution in [3.8, 4) is 5.75 Å². The van der Waals surface area contributed by atoms with E-state index in [1.807, 2.05) is 30.3 Å². The maximum absolute atomic E-state index is 12.9. The minimum Gasteiger partial charge on any atom is -0.492 e. The second kappa shape index (κ2) is 10.3. The molecule has 0 fully saturated rings. The molecule has 0 spiro atoms. The van der Waals surface area contributed by atoms with Gasteiger partial charge in [0.25, 0.3) is 11.8 Å². The van der Waals surface area contributed by atoms with Crippen LogP contribution in [0, 0.1) is 5.92 Å². The lowest BCUT2D eigenvalue weighted by Gasteiger charge is -2.19. The summed E-state index contributed by atoms with van der Waals surface area (Å²) in [6, 6.07) is 21.9. The zero-order valence-corrected chi connectivity index (χ0v) is 19.9. The highest BCUT2D eigenvalue weighted by Crippen LogP contribution is 2.24. The van der Waals surface area contributed by atoms with Crippen molar-refractivity contribution in [1.29, 1.82) is 0 Å². The number of rotatable bonds is 7. The molecule has 33 heavy (non-hydrogen) atoms. The van der Waals surface area contributed by atoms with Gasteiger partial charge in [-0.1, -0.05) is 65.0 Å². The van der Waals surface area contributed by atoms with Crippen LogP contribution in [0.2, 0.25) is 0 Å². The molecule has 0 aliphatic heterocycles. The van der Waals surface area contributed by atoms with Crippen molar-refractivity contribution in [2.75, 3.05) is 17.2 Å². The number of carbonyl (C=O) groups is 2. The molecule has 2 amide bonds.